The van der Waals surface area contributed by atoms with Gasteiger partial charge >= 0.3 is 0 Å². The van der Waals surface area contributed by atoms with Gasteiger partial charge in [-0.3, -0.25) is 0 Å². The van der Waals surface area contributed by atoms with Gasteiger partial charge in [-0.15, -0.1) is 11.3 Å². The van der Waals surface area contributed by atoms with Gasteiger partial charge in [-0.1, -0.05) is 6.07 Å². The first-order valence-electron chi connectivity index (χ1n) is 6.29. The molecule has 3 rings (SSSR count). The Bertz CT molecular complexity index is 542. The summed E-state index contributed by atoms with van der Waals surface area (Å²) in [5.41, 5.74) is 0.833. The topological polar surface area (TPSA) is 51.6 Å². The van der Waals surface area contributed by atoms with E-state index in [2.05, 4.69) is 4.98 Å². The van der Waals surface area contributed by atoms with E-state index >= 15 is 0 Å². The summed E-state index contributed by atoms with van der Waals surface area (Å²) < 4.78 is 11.2. The molecule has 2 aromatic rings. The monoisotopic (exact) mass is 277 g/mol. The maximum absolute atomic E-state index is 10.2. The van der Waals surface area contributed by atoms with Gasteiger partial charge in [-0.25, -0.2) is 4.98 Å². The number of aliphatic hydroxyl groups is 1. The first-order chi connectivity index (χ1) is 9.33. The average molecular weight is 277 g/mol. The summed E-state index contributed by atoms with van der Waals surface area (Å²) in [5.74, 6) is 1.47. The minimum absolute atomic E-state index is 0.525. The molecule has 19 heavy (non-hydrogen) atoms. The molecular formula is C14H15NO3S. The third kappa shape index (κ3) is 2.88. The Labute approximate surface area is 115 Å². The van der Waals surface area contributed by atoms with E-state index < -0.39 is 6.10 Å². The number of hydrogen-bond acceptors (Lipinski definition) is 5. The van der Waals surface area contributed by atoms with Crippen molar-refractivity contribution in [3.8, 4) is 11.5 Å². The second-order valence-corrected chi connectivity index (χ2v) is 5.38. The minimum Gasteiger partial charge on any atom is -0.490 e. The summed E-state index contributed by atoms with van der Waals surface area (Å²) in [6, 6.07) is 5.60. The van der Waals surface area contributed by atoms with E-state index in [4.69, 9.17) is 9.47 Å². The third-order valence-corrected chi connectivity index (χ3v) is 3.81. The van der Waals surface area contributed by atoms with Gasteiger partial charge in [-0.2, -0.15) is 0 Å². The van der Waals surface area contributed by atoms with Gasteiger partial charge in [0, 0.05) is 24.4 Å². The Morgan fingerprint density at radius 1 is 1.26 bits per heavy atom. The molecule has 0 radical (unpaired) electrons. The highest BCUT2D eigenvalue weighted by Gasteiger charge is 2.15. The largest absolute Gasteiger partial charge is 0.490 e. The van der Waals surface area contributed by atoms with Crippen molar-refractivity contribution in [3.05, 3.63) is 40.3 Å². The normalized spacial score (nSPS) is 15.8. The van der Waals surface area contributed by atoms with Crippen LogP contribution in [0.15, 0.2) is 29.8 Å². The van der Waals surface area contributed by atoms with Crippen molar-refractivity contribution in [2.75, 3.05) is 13.2 Å². The maximum Gasteiger partial charge on any atom is 0.161 e. The van der Waals surface area contributed by atoms with Gasteiger partial charge in [0.2, 0.25) is 0 Å². The standard InChI is InChI=1S/C14H15NO3S/c16-11(9-14-15-4-7-19-14)10-2-3-12-13(8-10)18-6-1-5-17-12/h2-4,7-8,11,16H,1,5-6,9H2. The molecule has 2 heterocycles. The molecule has 5 heteroatoms. The maximum atomic E-state index is 10.2. The molecule has 1 aromatic heterocycles. The van der Waals surface area contributed by atoms with Gasteiger partial charge in [0.15, 0.2) is 11.5 Å². The van der Waals surface area contributed by atoms with Crippen molar-refractivity contribution in [2.45, 2.75) is 18.9 Å². The highest BCUT2D eigenvalue weighted by molar-refractivity contribution is 7.09. The van der Waals surface area contributed by atoms with Crippen LogP contribution < -0.4 is 9.47 Å². The first kappa shape index (κ1) is 12.4. The molecular weight excluding hydrogens is 262 g/mol. The lowest BCUT2D eigenvalue weighted by atomic mass is 10.1. The average Bonchev–Trinajstić information content (AvgIpc) is 2.81. The number of aliphatic hydroxyl groups excluding tert-OH is 1. The second-order valence-electron chi connectivity index (χ2n) is 4.40. The molecule has 1 aromatic carbocycles. The molecule has 0 aliphatic carbocycles. The zero-order valence-electron chi connectivity index (χ0n) is 10.4. The lowest BCUT2D eigenvalue weighted by molar-refractivity contribution is 0.177. The molecule has 100 valence electrons. The van der Waals surface area contributed by atoms with E-state index in [0.29, 0.717) is 25.4 Å². The quantitative estimate of drug-likeness (QED) is 0.937. The van der Waals surface area contributed by atoms with E-state index in [0.717, 1.165) is 22.7 Å². The van der Waals surface area contributed by atoms with Crippen molar-refractivity contribution in [1.29, 1.82) is 0 Å². The van der Waals surface area contributed by atoms with E-state index in [1.165, 1.54) is 0 Å². The number of aromatic nitrogens is 1. The smallest absolute Gasteiger partial charge is 0.161 e. The number of nitrogens with zero attached hydrogens (tertiary/aromatic N) is 1. The Morgan fingerprint density at radius 3 is 2.89 bits per heavy atom. The molecule has 0 saturated heterocycles. The molecule has 0 saturated carbocycles. The summed E-state index contributed by atoms with van der Waals surface area (Å²) in [4.78, 5) is 4.19. The van der Waals surface area contributed by atoms with Crippen molar-refractivity contribution in [2.24, 2.45) is 0 Å². The van der Waals surface area contributed by atoms with Crippen LogP contribution in [0.4, 0.5) is 0 Å². The van der Waals surface area contributed by atoms with Crippen LogP contribution in [-0.2, 0) is 6.42 Å². The van der Waals surface area contributed by atoms with Crippen LogP contribution in [0, 0.1) is 0 Å². The number of thiazole rings is 1. The summed E-state index contributed by atoms with van der Waals surface area (Å²) in [6.45, 7) is 1.33. The zero-order valence-corrected chi connectivity index (χ0v) is 11.2. The fourth-order valence-corrected chi connectivity index (χ4v) is 2.68. The fourth-order valence-electron chi connectivity index (χ4n) is 2.02. The summed E-state index contributed by atoms with van der Waals surface area (Å²) in [5, 5.41) is 13.1. The lowest BCUT2D eigenvalue weighted by Crippen LogP contribution is -2.02. The van der Waals surface area contributed by atoms with Crippen LogP contribution in [0.3, 0.4) is 0 Å². The van der Waals surface area contributed by atoms with Gasteiger partial charge in [0.05, 0.1) is 24.3 Å². The van der Waals surface area contributed by atoms with Crippen molar-refractivity contribution < 1.29 is 14.6 Å². The molecule has 1 unspecified atom stereocenters. The molecule has 0 amide bonds. The highest BCUT2D eigenvalue weighted by atomic mass is 32.1. The summed E-state index contributed by atoms with van der Waals surface area (Å²) >= 11 is 1.55. The number of rotatable bonds is 3. The van der Waals surface area contributed by atoms with Crippen LogP contribution in [0.25, 0.3) is 0 Å². The van der Waals surface area contributed by atoms with Crippen LogP contribution in [0.1, 0.15) is 23.1 Å². The van der Waals surface area contributed by atoms with E-state index in [1.54, 1.807) is 17.5 Å². The van der Waals surface area contributed by atoms with Crippen LogP contribution in [0.5, 0.6) is 11.5 Å². The van der Waals surface area contributed by atoms with Crippen LogP contribution >= 0.6 is 11.3 Å². The number of fused-ring (bicyclic) bond motifs is 1. The highest BCUT2D eigenvalue weighted by Crippen LogP contribution is 2.33. The molecule has 1 atom stereocenters. The Hall–Kier alpha value is -1.59. The molecule has 4 nitrogen and oxygen atoms in total. The Kier molecular flexibility index (Phi) is 3.66. The predicted molar refractivity (Wildman–Crippen MR) is 72.8 cm³/mol. The van der Waals surface area contributed by atoms with Gasteiger partial charge in [0.25, 0.3) is 0 Å². The SMILES string of the molecule is OC(Cc1nccs1)c1ccc2c(c1)OCCCO2. The van der Waals surface area contributed by atoms with E-state index in [1.807, 2.05) is 23.6 Å². The Balaban J connectivity index is 1.79. The van der Waals surface area contributed by atoms with Crippen molar-refractivity contribution in [1.82, 2.24) is 4.98 Å². The van der Waals surface area contributed by atoms with Gasteiger partial charge < -0.3 is 14.6 Å². The van der Waals surface area contributed by atoms with Crippen molar-refractivity contribution >= 4 is 11.3 Å². The molecule has 0 spiro atoms. The van der Waals surface area contributed by atoms with Crippen molar-refractivity contribution in [3.63, 3.8) is 0 Å². The number of hydrogen-bond donors (Lipinski definition) is 1. The summed E-state index contributed by atoms with van der Waals surface area (Å²) in [6.07, 6.45) is 2.59. The number of ether oxygens (including phenoxy) is 2. The fraction of sp³-hybridized carbons (Fsp3) is 0.357. The molecule has 1 aliphatic heterocycles. The minimum atomic E-state index is -0.566. The first-order valence-corrected chi connectivity index (χ1v) is 7.17. The summed E-state index contributed by atoms with van der Waals surface area (Å²) in [7, 11) is 0. The zero-order chi connectivity index (χ0) is 13.1. The van der Waals surface area contributed by atoms with E-state index in [9.17, 15) is 5.11 Å². The molecule has 1 aliphatic rings. The van der Waals surface area contributed by atoms with Crippen LogP contribution in [-0.4, -0.2) is 23.3 Å². The van der Waals surface area contributed by atoms with Crippen LogP contribution in [0.2, 0.25) is 0 Å². The third-order valence-electron chi connectivity index (χ3n) is 3.01. The Morgan fingerprint density at radius 2 is 2.11 bits per heavy atom. The van der Waals surface area contributed by atoms with Gasteiger partial charge in [0.1, 0.15) is 0 Å². The molecule has 0 fully saturated rings. The van der Waals surface area contributed by atoms with Gasteiger partial charge in [-0.05, 0) is 17.7 Å². The van der Waals surface area contributed by atoms with E-state index in [-0.39, 0.29) is 0 Å². The second kappa shape index (κ2) is 5.59. The number of benzene rings is 1. The molecule has 1 N–H and O–H groups in total. The molecule has 0 bridgehead atoms. The lowest BCUT2D eigenvalue weighted by Gasteiger charge is -2.13. The predicted octanol–water partition coefficient (Wildman–Crippen LogP) is 2.58.